The average molecular weight is 416 g/mol. The van der Waals surface area contributed by atoms with Gasteiger partial charge in [0.1, 0.15) is 0 Å². The predicted octanol–water partition coefficient (Wildman–Crippen LogP) is 7.10. The molecule has 0 aromatic heterocycles. The summed E-state index contributed by atoms with van der Waals surface area (Å²) in [7, 11) is 0. The van der Waals surface area contributed by atoms with Crippen LogP contribution >= 0.6 is 0 Å². The third kappa shape index (κ3) is 4.37. The number of nitrogens with zero attached hydrogens (tertiary/aromatic N) is 3. The van der Waals surface area contributed by atoms with Crippen molar-refractivity contribution in [2.75, 3.05) is 5.01 Å². The molecule has 1 atom stereocenters. The molecule has 0 amide bonds. The van der Waals surface area contributed by atoms with Gasteiger partial charge < -0.3 is 0 Å². The van der Waals surface area contributed by atoms with Gasteiger partial charge in [0.05, 0.1) is 23.1 Å². The maximum absolute atomic E-state index is 5.03. The zero-order valence-corrected chi connectivity index (χ0v) is 18.1. The van der Waals surface area contributed by atoms with Crippen molar-refractivity contribution in [3.8, 4) is 0 Å². The highest BCUT2D eigenvalue weighted by atomic mass is 15.5. The minimum Gasteiger partial charge on any atom is -0.257 e. The maximum atomic E-state index is 5.03. The number of hydrazone groups is 1. The lowest BCUT2D eigenvalue weighted by atomic mass is 9.98. The number of anilines is 1. The Kier molecular flexibility index (Phi) is 5.63. The van der Waals surface area contributed by atoms with Gasteiger partial charge in [-0.05, 0) is 47.9 Å². The van der Waals surface area contributed by atoms with E-state index in [1.165, 1.54) is 16.7 Å². The van der Waals surface area contributed by atoms with Gasteiger partial charge in [-0.3, -0.25) is 10.0 Å². The standard InChI is InChI=1S/C29H25N3/c1-22-12-16-26(17-13-22)30-21-23-14-18-27(19-15-23)32-29(25-10-6-3-7-11-25)20-28(31-32)24-8-4-2-5-9-24/h2-19,21,29H,20H2,1H3/t29-/m1/s1. The first-order chi connectivity index (χ1) is 15.8. The molecule has 0 fully saturated rings. The Morgan fingerprint density at radius 2 is 1.44 bits per heavy atom. The molecule has 0 aliphatic carbocycles. The molecule has 5 rings (SSSR count). The van der Waals surface area contributed by atoms with Crippen molar-refractivity contribution >= 4 is 23.3 Å². The van der Waals surface area contributed by atoms with E-state index in [0.717, 1.165) is 29.1 Å². The van der Waals surface area contributed by atoms with Gasteiger partial charge in [-0.1, -0.05) is 90.5 Å². The van der Waals surface area contributed by atoms with Crippen molar-refractivity contribution in [1.82, 2.24) is 0 Å². The van der Waals surface area contributed by atoms with Gasteiger partial charge >= 0.3 is 0 Å². The van der Waals surface area contributed by atoms with Crippen LogP contribution in [0.2, 0.25) is 0 Å². The lowest BCUT2D eigenvalue weighted by Crippen LogP contribution is -2.18. The van der Waals surface area contributed by atoms with E-state index >= 15 is 0 Å². The molecule has 4 aromatic carbocycles. The Balaban J connectivity index is 1.42. The molecule has 3 heteroatoms. The van der Waals surface area contributed by atoms with Crippen LogP contribution in [0.1, 0.15) is 34.7 Å². The molecule has 0 spiro atoms. The second kappa shape index (κ2) is 9.03. The van der Waals surface area contributed by atoms with Crippen LogP contribution in [-0.2, 0) is 0 Å². The largest absolute Gasteiger partial charge is 0.257 e. The van der Waals surface area contributed by atoms with E-state index in [0.29, 0.717) is 0 Å². The van der Waals surface area contributed by atoms with E-state index in [2.05, 4.69) is 108 Å². The summed E-state index contributed by atoms with van der Waals surface area (Å²) in [5, 5.41) is 7.19. The molecule has 156 valence electrons. The van der Waals surface area contributed by atoms with Gasteiger partial charge in [0.25, 0.3) is 0 Å². The van der Waals surface area contributed by atoms with Crippen molar-refractivity contribution in [2.45, 2.75) is 19.4 Å². The van der Waals surface area contributed by atoms with Gasteiger partial charge in [-0.15, -0.1) is 0 Å². The highest BCUT2D eigenvalue weighted by Gasteiger charge is 2.29. The minimum absolute atomic E-state index is 0.179. The Hall–Kier alpha value is -3.98. The van der Waals surface area contributed by atoms with Gasteiger partial charge in [-0.25, -0.2) is 0 Å². The van der Waals surface area contributed by atoms with Crippen molar-refractivity contribution in [3.05, 3.63) is 131 Å². The molecular formula is C29H25N3. The van der Waals surface area contributed by atoms with E-state index in [4.69, 9.17) is 5.10 Å². The van der Waals surface area contributed by atoms with Crippen LogP contribution in [0.15, 0.2) is 119 Å². The van der Waals surface area contributed by atoms with Gasteiger partial charge in [0.2, 0.25) is 0 Å². The van der Waals surface area contributed by atoms with Crippen molar-refractivity contribution in [3.63, 3.8) is 0 Å². The monoisotopic (exact) mass is 415 g/mol. The molecule has 0 bridgehead atoms. The van der Waals surface area contributed by atoms with Crippen LogP contribution < -0.4 is 5.01 Å². The normalized spacial score (nSPS) is 15.8. The first-order valence-electron chi connectivity index (χ1n) is 10.9. The lowest BCUT2D eigenvalue weighted by molar-refractivity contribution is 0.709. The Bertz CT molecular complexity index is 1230. The SMILES string of the molecule is Cc1ccc(N=Cc2ccc(N3N=C(c4ccccc4)C[C@@H]3c3ccccc3)cc2)cc1. The Morgan fingerprint density at radius 1 is 0.781 bits per heavy atom. The molecule has 1 aliphatic heterocycles. The molecule has 0 saturated heterocycles. The highest BCUT2D eigenvalue weighted by Crippen LogP contribution is 2.36. The maximum Gasteiger partial charge on any atom is 0.0831 e. The van der Waals surface area contributed by atoms with E-state index < -0.39 is 0 Å². The second-order valence-corrected chi connectivity index (χ2v) is 8.07. The fourth-order valence-corrected chi connectivity index (χ4v) is 3.98. The highest BCUT2D eigenvalue weighted by molar-refractivity contribution is 6.03. The number of benzene rings is 4. The van der Waals surface area contributed by atoms with E-state index in [1.807, 2.05) is 24.4 Å². The van der Waals surface area contributed by atoms with Crippen molar-refractivity contribution in [1.29, 1.82) is 0 Å². The third-order valence-corrected chi connectivity index (χ3v) is 5.76. The topological polar surface area (TPSA) is 28.0 Å². The van der Waals surface area contributed by atoms with E-state index in [1.54, 1.807) is 0 Å². The molecule has 0 saturated carbocycles. The molecule has 4 aromatic rings. The van der Waals surface area contributed by atoms with Gasteiger partial charge in [-0.2, -0.15) is 5.10 Å². The summed E-state index contributed by atoms with van der Waals surface area (Å²) in [4.78, 5) is 4.59. The first-order valence-corrected chi connectivity index (χ1v) is 10.9. The predicted molar refractivity (Wildman–Crippen MR) is 134 cm³/mol. The summed E-state index contributed by atoms with van der Waals surface area (Å²) in [6.07, 6.45) is 2.79. The molecule has 1 heterocycles. The number of hydrogen-bond donors (Lipinski definition) is 0. The smallest absolute Gasteiger partial charge is 0.0831 e. The molecule has 3 nitrogen and oxygen atoms in total. The summed E-state index contributed by atoms with van der Waals surface area (Å²) in [6, 6.07) is 37.9. The summed E-state index contributed by atoms with van der Waals surface area (Å²) >= 11 is 0. The fourth-order valence-electron chi connectivity index (χ4n) is 3.98. The second-order valence-electron chi connectivity index (χ2n) is 8.07. The number of rotatable bonds is 5. The number of aliphatic imine (C=N–C) groups is 1. The molecule has 0 N–H and O–H groups in total. The average Bonchev–Trinajstić information content (AvgIpc) is 3.31. The molecule has 32 heavy (non-hydrogen) atoms. The van der Waals surface area contributed by atoms with E-state index in [9.17, 15) is 0 Å². The van der Waals surface area contributed by atoms with Crippen molar-refractivity contribution < 1.29 is 0 Å². The zero-order chi connectivity index (χ0) is 21.8. The van der Waals surface area contributed by atoms with Crippen LogP contribution in [0.3, 0.4) is 0 Å². The summed E-state index contributed by atoms with van der Waals surface area (Å²) in [6.45, 7) is 2.08. The Labute approximate surface area is 189 Å². The van der Waals surface area contributed by atoms with Gasteiger partial charge in [0.15, 0.2) is 0 Å². The Morgan fingerprint density at radius 3 is 2.12 bits per heavy atom. The molecular weight excluding hydrogens is 390 g/mol. The summed E-state index contributed by atoms with van der Waals surface area (Å²) in [5.41, 5.74) is 7.91. The molecule has 1 aliphatic rings. The van der Waals surface area contributed by atoms with Crippen LogP contribution in [-0.4, -0.2) is 11.9 Å². The summed E-state index contributed by atoms with van der Waals surface area (Å²) < 4.78 is 0. The van der Waals surface area contributed by atoms with Crippen LogP contribution in [0.5, 0.6) is 0 Å². The zero-order valence-electron chi connectivity index (χ0n) is 18.1. The van der Waals surface area contributed by atoms with Gasteiger partial charge in [0, 0.05) is 12.6 Å². The van der Waals surface area contributed by atoms with E-state index in [-0.39, 0.29) is 6.04 Å². The number of aryl methyl sites for hydroxylation is 1. The third-order valence-electron chi connectivity index (χ3n) is 5.76. The van der Waals surface area contributed by atoms with Crippen LogP contribution in [0.4, 0.5) is 11.4 Å². The van der Waals surface area contributed by atoms with Crippen molar-refractivity contribution in [2.24, 2.45) is 10.1 Å². The summed E-state index contributed by atoms with van der Waals surface area (Å²) in [5.74, 6) is 0. The quantitative estimate of drug-likeness (QED) is 0.319. The van der Waals surface area contributed by atoms with Crippen LogP contribution in [0.25, 0.3) is 0 Å². The first kappa shape index (κ1) is 20.0. The number of hydrogen-bond acceptors (Lipinski definition) is 3. The molecule has 0 unspecified atom stereocenters. The fraction of sp³-hybridized carbons (Fsp3) is 0.103. The minimum atomic E-state index is 0.179. The molecule has 0 radical (unpaired) electrons. The lowest BCUT2D eigenvalue weighted by Gasteiger charge is -2.24. The van der Waals surface area contributed by atoms with Crippen LogP contribution in [0, 0.1) is 6.92 Å².